The summed E-state index contributed by atoms with van der Waals surface area (Å²) in [5.74, 6) is -0.445. The molecule has 0 atom stereocenters. The second-order valence-corrected chi connectivity index (χ2v) is 5.17. The summed E-state index contributed by atoms with van der Waals surface area (Å²) in [6, 6.07) is 3.82. The van der Waals surface area contributed by atoms with Gasteiger partial charge in [-0.05, 0) is 19.1 Å². The van der Waals surface area contributed by atoms with Crippen molar-refractivity contribution in [1.29, 1.82) is 0 Å². The molecule has 1 amide bonds. The van der Waals surface area contributed by atoms with Crippen LogP contribution in [0.1, 0.15) is 17.3 Å². The van der Waals surface area contributed by atoms with E-state index in [-0.39, 0.29) is 28.0 Å². The van der Waals surface area contributed by atoms with Crippen molar-refractivity contribution in [2.24, 2.45) is 0 Å². The second-order valence-electron chi connectivity index (χ2n) is 4.20. The van der Waals surface area contributed by atoms with Crippen LogP contribution in [0.3, 0.4) is 0 Å². The Kier molecular flexibility index (Phi) is 5.40. The van der Waals surface area contributed by atoms with E-state index in [9.17, 15) is 14.9 Å². The first-order valence-electron chi connectivity index (χ1n) is 5.21. The number of hydrogen-bond donors (Lipinski definition) is 1. The molecule has 1 rings (SSSR count). The van der Waals surface area contributed by atoms with Crippen LogP contribution in [0.25, 0.3) is 0 Å². The van der Waals surface area contributed by atoms with Crippen LogP contribution in [0.2, 0.25) is 5.02 Å². The number of rotatable bonds is 5. The van der Waals surface area contributed by atoms with Crippen LogP contribution in [-0.4, -0.2) is 28.1 Å². The van der Waals surface area contributed by atoms with Crippen LogP contribution in [0.15, 0.2) is 18.2 Å². The smallest absolute Gasteiger partial charge is 0.283 e. The van der Waals surface area contributed by atoms with Crippen molar-refractivity contribution in [3.63, 3.8) is 0 Å². The third-order valence-corrected chi connectivity index (χ3v) is 3.82. The number of carbonyl (C=O) groups is 1. The standard InChI is InChI=1S/C11H11Cl3N2O3/c1-11(5-12,6-13)15-10(17)8-3-2-7(14)4-9(8)16(18)19/h2-4H,5-6H2,1H3,(H,15,17). The molecular weight excluding hydrogens is 314 g/mol. The molecule has 0 aliphatic heterocycles. The maximum absolute atomic E-state index is 12.0. The first-order valence-corrected chi connectivity index (χ1v) is 6.66. The Morgan fingerprint density at radius 1 is 1.42 bits per heavy atom. The molecule has 104 valence electrons. The Morgan fingerprint density at radius 3 is 2.47 bits per heavy atom. The number of amides is 1. The van der Waals surface area contributed by atoms with Crippen molar-refractivity contribution in [1.82, 2.24) is 5.32 Å². The molecule has 0 heterocycles. The fourth-order valence-electron chi connectivity index (χ4n) is 1.29. The molecule has 0 fully saturated rings. The fraction of sp³-hybridized carbons (Fsp3) is 0.364. The van der Waals surface area contributed by atoms with Crippen molar-refractivity contribution in [3.8, 4) is 0 Å². The van der Waals surface area contributed by atoms with Gasteiger partial charge in [-0.25, -0.2) is 0 Å². The fourth-order valence-corrected chi connectivity index (χ4v) is 1.88. The molecule has 0 radical (unpaired) electrons. The highest BCUT2D eigenvalue weighted by Gasteiger charge is 2.28. The summed E-state index contributed by atoms with van der Waals surface area (Å²) >= 11 is 17.1. The molecule has 0 spiro atoms. The number of nitrogens with one attached hydrogen (secondary N) is 1. The molecule has 5 nitrogen and oxygen atoms in total. The molecule has 0 aliphatic carbocycles. The summed E-state index contributed by atoms with van der Waals surface area (Å²) in [6.45, 7) is 1.65. The molecule has 0 bridgehead atoms. The van der Waals surface area contributed by atoms with Gasteiger partial charge in [-0.2, -0.15) is 0 Å². The lowest BCUT2D eigenvalue weighted by atomic mass is 10.1. The molecule has 1 N–H and O–H groups in total. The number of nitro groups is 1. The maximum atomic E-state index is 12.0. The van der Waals surface area contributed by atoms with E-state index >= 15 is 0 Å². The first kappa shape index (κ1) is 16.0. The number of nitro benzene ring substituents is 1. The third kappa shape index (κ3) is 3.96. The van der Waals surface area contributed by atoms with Crippen molar-refractivity contribution in [2.45, 2.75) is 12.5 Å². The van der Waals surface area contributed by atoms with Crippen LogP contribution in [0.5, 0.6) is 0 Å². The average molecular weight is 326 g/mol. The van der Waals surface area contributed by atoms with Gasteiger partial charge in [0, 0.05) is 22.8 Å². The Morgan fingerprint density at radius 2 is 2.00 bits per heavy atom. The van der Waals surface area contributed by atoms with Gasteiger partial charge in [0.2, 0.25) is 0 Å². The summed E-state index contributed by atoms with van der Waals surface area (Å²) in [4.78, 5) is 22.3. The Balaban J connectivity index is 3.10. The van der Waals surface area contributed by atoms with Crippen molar-refractivity contribution in [3.05, 3.63) is 38.9 Å². The van der Waals surface area contributed by atoms with E-state index in [1.807, 2.05) is 0 Å². The van der Waals surface area contributed by atoms with E-state index in [0.29, 0.717) is 0 Å². The Bertz CT molecular complexity index is 504. The van der Waals surface area contributed by atoms with Crippen molar-refractivity contribution >= 4 is 46.4 Å². The summed E-state index contributed by atoms with van der Waals surface area (Å²) in [5.41, 5.74) is -1.29. The summed E-state index contributed by atoms with van der Waals surface area (Å²) < 4.78 is 0. The van der Waals surface area contributed by atoms with Gasteiger partial charge < -0.3 is 5.32 Å². The molecule has 0 aliphatic rings. The van der Waals surface area contributed by atoms with E-state index in [2.05, 4.69) is 5.32 Å². The van der Waals surface area contributed by atoms with Crippen molar-refractivity contribution in [2.75, 3.05) is 11.8 Å². The minimum atomic E-state index is -0.840. The lowest BCUT2D eigenvalue weighted by Crippen LogP contribution is -2.49. The first-order chi connectivity index (χ1) is 8.83. The number of alkyl halides is 2. The summed E-state index contributed by atoms with van der Waals surface area (Å²) in [5, 5.41) is 13.7. The number of benzene rings is 1. The van der Waals surface area contributed by atoms with Gasteiger partial charge in [0.25, 0.3) is 11.6 Å². The molecule has 19 heavy (non-hydrogen) atoms. The Labute approximate surface area is 125 Å². The highest BCUT2D eigenvalue weighted by Crippen LogP contribution is 2.24. The molecule has 0 aromatic heterocycles. The van der Waals surface area contributed by atoms with Gasteiger partial charge in [-0.15, -0.1) is 23.2 Å². The molecule has 1 aromatic rings. The van der Waals surface area contributed by atoms with Gasteiger partial charge in [0.1, 0.15) is 5.56 Å². The molecule has 0 saturated carbocycles. The SMILES string of the molecule is CC(CCl)(CCl)NC(=O)c1ccc(Cl)cc1[N+](=O)[O-]. The van der Waals surface area contributed by atoms with Crippen LogP contribution >= 0.6 is 34.8 Å². The van der Waals surface area contributed by atoms with Gasteiger partial charge in [-0.3, -0.25) is 14.9 Å². The zero-order chi connectivity index (χ0) is 14.6. The molecule has 8 heteroatoms. The highest BCUT2D eigenvalue weighted by molar-refractivity contribution is 6.31. The predicted molar refractivity (Wildman–Crippen MR) is 75.4 cm³/mol. The van der Waals surface area contributed by atoms with E-state index in [1.165, 1.54) is 12.1 Å². The van der Waals surface area contributed by atoms with Crippen LogP contribution in [0.4, 0.5) is 5.69 Å². The summed E-state index contributed by atoms with van der Waals surface area (Å²) in [7, 11) is 0. The summed E-state index contributed by atoms with van der Waals surface area (Å²) in [6.07, 6.45) is 0. The van der Waals surface area contributed by atoms with Crippen LogP contribution in [0, 0.1) is 10.1 Å². The lowest BCUT2D eigenvalue weighted by Gasteiger charge is -2.25. The van der Waals surface area contributed by atoms with Crippen molar-refractivity contribution < 1.29 is 9.72 Å². The van der Waals surface area contributed by atoms with E-state index in [1.54, 1.807) is 6.92 Å². The van der Waals surface area contributed by atoms with Crippen LogP contribution in [-0.2, 0) is 0 Å². The topological polar surface area (TPSA) is 72.2 Å². The molecule has 0 saturated heterocycles. The van der Waals surface area contributed by atoms with Gasteiger partial charge in [0.05, 0.1) is 10.5 Å². The Hall–Kier alpha value is -1.04. The molecule has 1 aromatic carbocycles. The zero-order valence-corrected chi connectivity index (χ0v) is 12.2. The largest absolute Gasteiger partial charge is 0.344 e. The van der Waals surface area contributed by atoms with E-state index < -0.39 is 16.4 Å². The van der Waals surface area contributed by atoms with E-state index in [0.717, 1.165) is 6.07 Å². The minimum absolute atomic E-state index is 0.0869. The zero-order valence-electron chi connectivity index (χ0n) is 9.95. The normalized spacial score (nSPS) is 11.2. The maximum Gasteiger partial charge on any atom is 0.283 e. The molecular formula is C11H11Cl3N2O3. The highest BCUT2D eigenvalue weighted by atomic mass is 35.5. The van der Waals surface area contributed by atoms with E-state index in [4.69, 9.17) is 34.8 Å². The predicted octanol–water partition coefficient (Wildman–Crippen LogP) is 3.21. The number of carbonyl (C=O) groups excluding carboxylic acids is 1. The quantitative estimate of drug-likeness (QED) is 0.513. The lowest BCUT2D eigenvalue weighted by molar-refractivity contribution is -0.385. The number of hydrogen-bond acceptors (Lipinski definition) is 3. The van der Waals surface area contributed by atoms with Crippen LogP contribution < -0.4 is 5.32 Å². The number of nitrogens with zero attached hydrogens (tertiary/aromatic N) is 1. The van der Waals surface area contributed by atoms with Gasteiger partial charge in [0.15, 0.2) is 0 Å². The number of halogens is 3. The minimum Gasteiger partial charge on any atom is -0.344 e. The monoisotopic (exact) mass is 324 g/mol. The van der Waals surface area contributed by atoms with Gasteiger partial charge in [-0.1, -0.05) is 11.6 Å². The second kappa shape index (κ2) is 6.41. The third-order valence-electron chi connectivity index (χ3n) is 2.41. The molecule has 0 unspecified atom stereocenters. The average Bonchev–Trinajstić information content (AvgIpc) is 2.38. The van der Waals surface area contributed by atoms with Gasteiger partial charge >= 0.3 is 0 Å².